The number of rotatable bonds is 4. The van der Waals surface area contributed by atoms with Crippen LogP contribution < -0.4 is 5.73 Å². The Morgan fingerprint density at radius 3 is 2.57 bits per heavy atom. The topological polar surface area (TPSA) is 95.3 Å². The molecule has 1 aliphatic rings. The van der Waals surface area contributed by atoms with Crippen molar-refractivity contribution >= 4 is 11.7 Å². The normalized spacial score (nSPS) is 18.8. The van der Waals surface area contributed by atoms with Gasteiger partial charge in [0, 0.05) is 26.2 Å². The van der Waals surface area contributed by atoms with Gasteiger partial charge in [-0.25, -0.2) is 0 Å². The van der Waals surface area contributed by atoms with Gasteiger partial charge >= 0.3 is 0 Å². The Bertz CT molecular complexity index is 518. The summed E-state index contributed by atoms with van der Waals surface area (Å²) in [6.45, 7) is 6.41. The van der Waals surface area contributed by atoms with Gasteiger partial charge in [0.15, 0.2) is 11.6 Å². The Morgan fingerprint density at radius 1 is 1.43 bits per heavy atom. The van der Waals surface area contributed by atoms with Crippen LogP contribution in [0.1, 0.15) is 29.7 Å². The minimum atomic E-state index is -0.0851. The average Bonchev–Trinajstić information content (AvgIpc) is 2.94. The van der Waals surface area contributed by atoms with E-state index in [0.717, 1.165) is 12.2 Å². The second kappa shape index (κ2) is 6.62. The number of furan rings is 1. The summed E-state index contributed by atoms with van der Waals surface area (Å²) in [4.78, 5) is 16.2. The van der Waals surface area contributed by atoms with Crippen LogP contribution in [0, 0.1) is 6.92 Å². The van der Waals surface area contributed by atoms with Crippen LogP contribution in [0.4, 0.5) is 0 Å². The number of piperazine rings is 1. The first-order chi connectivity index (χ1) is 10.1. The number of hydrogen-bond donors (Lipinski definition) is 2. The Balaban J connectivity index is 1.95. The van der Waals surface area contributed by atoms with E-state index in [4.69, 9.17) is 15.4 Å². The molecule has 1 aliphatic heterocycles. The number of nitrogens with zero attached hydrogens (tertiary/aromatic N) is 3. The molecule has 0 aliphatic carbocycles. The van der Waals surface area contributed by atoms with Crippen molar-refractivity contribution in [3.8, 4) is 0 Å². The van der Waals surface area contributed by atoms with E-state index < -0.39 is 0 Å². The van der Waals surface area contributed by atoms with E-state index >= 15 is 0 Å². The summed E-state index contributed by atoms with van der Waals surface area (Å²) in [5.41, 5.74) is 5.71. The number of nitrogens with two attached hydrogens (primary N) is 1. The van der Waals surface area contributed by atoms with E-state index in [-0.39, 0.29) is 17.8 Å². The van der Waals surface area contributed by atoms with Crippen LogP contribution in [0.2, 0.25) is 0 Å². The van der Waals surface area contributed by atoms with Gasteiger partial charge in [-0.1, -0.05) is 12.1 Å². The molecule has 2 rings (SSSR count). The molecule has 1 fully saturated rings. The highest BCUT2D eigenvalue weighted by Crippen LogP contribution is 2.14. The van der Waals surface area contributed by atoms with Crippen molar-refractivity contribution in [1.29, 1.82) is 0 Å². The first-order valence-electron chi connectivity index (χ1n) is 7.14. The van der Waals surface area contributed by atoms with Crippen molar-refractivity contribution in [2.75, 3.05) is 26.2 Å². The lowest BCUT2D eigenvalue weighted by molar-refractivity contribution is 0.0577. The number of carbonyl (C=O) groups is 1. The fourth-order valence-corrected chi connectivity index (χ4v) is 2.66. The van der Waals surface area contributed by atoms with Crippen molar-refractivity contribution < 1.29 is 14.4 Å². The van der Waals surface area contributed by atoms with Crippen LogP contribution in [0.15, 0.2) is 21.7 Å². The number of aryl methyl sites for hydroxylation is 1. The minimum absolute atomic E-state index is 0.0837. The van der Waals surface area contributed by atoms with Crippen LogP contribution in [0.5, 0.6) is 0 Å². The van der Waals surface area contributed by atoms with E-state index in [0.29, 0.717) is 31.9 Å². The Labute approximate surface area is 124 Å². The maximum Gasteiger partial charge on any atom is 0.289 e. The maximum absolute atomic E-state index is 12.3. The molecule has 3 N–H and O–H groups in total. The maximum atomic E-state index is 12.3. The van der Waals surface area contributed by atoms with Gasteiger partial charge < -0.3 is 20.3 Å². The zero-order valence-corrected chi connectivity index (χ0v) is 12.5. The Morgan fingerprint density at radius 2 is 2.10 bits per heavy atom. The molecule has 1 saturated heterocycles. The van der Waals surface area contributed by atoms with E-state index in [2.05, 4.69) is 10.1 Å². The first kappa shape index (κ1) is 15.4. The summed E-state index contributed by atoms with van der Waals surface area (Å²) in [6.07, 6.45) is 0.765. The zero-order chi connectivity index (χ0) is 15.4. The summed E-state index contributed by atoms with van der Waals surface area (Å²) < 4.78 is 5.37. The summed E-state index contributed by atoms with van der Waals surface area (Å²) in [7, 11) is 0. The molecule has 0 aromatic carbocycles. The Hall–Kier alpha value is -2.02. The fourth-order valence-electron chi connectivity index (χ4n) is 2.66. The molecular formula is C14H22N4O3. The Kier molecular flexibility index (Phi) is 4.85. The SMILES string of the molecule is CCC(C(N)=NO)N1CCN(C(=O)c2ccc(C)o2)CC1. The van der Waals surface area contributed by atoms with Crippen molar-refractivity contribution in [2.45, 2.75) is 26.3 Å². The summed E-state index contributed by atoms with van der Waals surface area (Å²) in [5, 5.41) is 11.9. The van der Waals surface area contributed by atoms with Crippen molar-refractivity contribution in [3.63, 3.8) is 0 Å². The van der Waals surface area contributed by atoms with Gasteiger partial charge in [0.25, 0.3) is 5.91 Å². The highest BCUT2D eigenvalue weighted by Gasteiger charge is 2.28. The lowest BCUT2D eigenvalue weighted by atomic mass is 10.1. The van der Waals surface area contributed by atoms with Crippen molar-refractivity contribution in [3.05, 3.63) is 23.7 Å². The van der Waals surface area contributed by atoms with E-state index in [1.54, 1.807) is 17.0 Å². The molecule has 0 bridgehead atoms. The van der Waals surface area contributed by atoms with Crippen LogP contribution in [0.3, 0.4) is 0 Å². The van der Waals surface area contributed by atoms with E-state index in [1.165, 1.54) is 0 Å². The van der Waals surface area contributed by atoms with E-state index in [9.17, 15) is 4.79 Å². The molecular weight excluding hydrogens is 272 g/mol. The predicted molar refractivity (Wildman–Crippen MR) is 78.4 cm³/mol. The van der Waals surface area contributed by atoms with Crippen LogP contribution >= 0.6 is 0 Å². The molecule has 1 unspecified atom stereocenters. The van der Waals surface area contributed by atoms with Gasteiger partial charge in [0.05, 0.1) is 6.04 Å². The molecule has 7 nitrogen and oxygen atoms in total. The highest BCUT2D eigenvalue weighted by atomic mass is 16.4. The molecule has 1 aromatic heterocycles. The van der Waals surface area contributed by atoms with Crippen molar-refractivity contribution in [1.82, 2.24) is 9.80 Å². The molecule has 0 radical (unpaired) electrons. The van der Waals surface area contributed by atoms with Gasteiger partial charge in [-0.3, -0.25) is 9.69 Å². The lowest BCUT2D eigenvalue weighted by Gasteiger charge is -2.38. The third-order valence-electron chi connectivity index (χ3n) is 3.84. The number of amides is 1. The molecule has 21 heavy (non-hydrogen) atoms. The van der Waals surface area contributed by atoms with Gasteiger partial charge in [-0.05, 0) is 25.5 Å². The second-order valence-electron chi connectivity index (χ2n) is 5.19. The first-order valence-corrected chi connectivity index (χ1v) is 7.14. The van der Waals surface area contributed by atoms with Crippen LogP contribution in [-0.4, -0.2) is 59.0 Å². The van der Waals surface area contributed by atoms with Gasteiger partial charge in [0.2, 0.25) is 0 Å². The fraction of sp³-hybridized carbons (Fsp3) is 0.571. The highest BCUT2D eigenvalue weighted by molar-refractivity contribution is 5.91. The van der Waals surface area contributed by atoms with Crippen LogP contribution in [0.25, 0.3) is 0 Å². The number of oxime groups is 1. The number of hydrogen-bond acceptors (Lipinski definition) is 5. The summed E-state index contributed by atoms with van der Waals surface area (Å²) in [5.74, 6) is 1.25. The third kappa shape index (κ3) is 3.36. The molecule has 1 amide bonds. The quantitative estimate of drug-likeness (QED) is 0.372. The van der Waals surface area contributed by atoms with Crippen molar-refractivity contribution in [2.24, 2.45) is 10.9 Å². The number of carbonyl (C=O) groups excluding carboxylic acids is 1. The molecule has 0 saturated carbocycles. The lowest BCUT2D eigenvalue weighted by Crippen LogP contribution is -2.55. The predicted octanol–water partition coefficient (Wildman–Crippen LogP) is 0.871. The number of amidine groups is 1. The molecule has 2 heterocycles. The van der Waals surface area contributed by atoms with Gasteiger partial charge in [-0.15, -0.1) is 0 Å². The second-order valence-corrected chi connectivity index (χ2v) is 5.19. The molecule has 116 valence electrons. The van der Waals surface area contributed by atoms with Gasteiger partial charge in [0.1, 0.15) is 5.76 Å². The molecule has 1 atom stereocenters. The smallest absolute Gasteiger partial charge is 0.289 e. The average molecular weight is 294 g/mol. The van der Waals surface area contributed by atoms with Gasteiger partial charge in [-0.2, -0.15) is 0 Å². The minimum Gasteiger partial charge on any atom is -0.456 e. The zero-order valence-electron chi connectivity index (χ0n) is 12.5. The van der Waals surface area contributed by atoms with Crippen LogP contribution in [-0.2, 0) is 0 Å². The molecule has 7 heteroatoms. The monoisotopic (exact) mass is 294 g/mol. The molecule has 0 spiro atoms. The molecule has 1 aromatic rings. The van der Waals surface area contributed by atoms with E-state index in [1.807, 2.05) is 13.8 Å². The summed E-state index contributed by atoms with van der Waals surface area (Å²) >= 11 is 0. The standard InChI is InChI=1S/C14H22N4O3/c1-3-11(13(15)16-20)17-6-8-18(9-7-17)14(19)12-5-4-10(2)21-12/h4-5,11,20H,3,6-9H2,1-2H3,(H2,15,16). The summed E-state index contributed by atoms with van der Waals surface area (Å²) in [6, 6.07) is 3.41. The largest absolute Gasteiger partial charge is 0.456 e. The third-order valence-corrected chi connectivity index (χ3v) is 3.84.